The van der Waals surface area contributed by atoms with Crippen LogP contribution in [0.4, 0.5) is 10.6 Å². The van der Waals surface area contributed by atoms with Crippen molar-refractivity contribution >= 4 is 11.9 Å². The fourth-order valence-corrected chi connectivity index (χ4v) is 4.74. The molecule has 1 saturated heterocycles. The molecule has 6 nitrogen and oxygen atoms in total. The lowest BCUT2D eigenvalue weighted by Crippen LogP contribution is -2.48. The fourth-order valence-electron chi connectivity index (χ4n) is 4.74. The Labute approximate surface area is 179 Å². The summed E-state index contributed by atoms with van der Waals surface area (Å²) >= 11 is 0. The van der Waals surface area contributed by atoms with Crippen LogP contribution < -0.4 is 4.90 Å². The molecule has 1 aromatic heterocycles. The number of nitrogens with zero attached hydrogens (tertiary/aromatic N) is 4. The molecule has 0 unspecified atom stereocenters. The highest BCUT2D eigenvalue weighted by Crippen LogP contribution is 2.46. The predicted molar refractivity (Wildman–Crippen MR) is 119 cm³/mol. The second-order valence-corrected chi connectivity index (χ2v) is 9.94. The van der Waals surface area contributed by atoms with Gasteiger partial charge < -0.3 is 14.9 Å². The molecule has 0 spiro atoms. The molecule has 2 heterocycles. The molecular formula is C24H32N4O2. The van der Waals surface area contributed by atoms with Gasteiger partial charge in [0.2, 0.25) is 0 Å². The Morgan fingerprint density at radius 2 is 1.57 bits per heavy atom. The van der Waals surface area contributed by atoms with Crippen LogP contribution in [0.2, 0.25) is 0 Å². The number of carboxylic acid groups (broad SMARTS) is 1. The molecule has 4 rings (SSSR count). The molecule has 2 aliphatic rings. The Bertz CT molecular complexity index is 975. The third kappa shape index (κ3) is 3.75. The number of fused-ring (bicyclic) bond motifs is 1. The van der Waals surface area contributed by atoms with Crippen molar-refractivity contribution in [1.82, 2.24) is 14.9 Å². The number of anilines is 1. The average Bonchev–Trinajstić information content (AvgIpc) is 2.71. The second kappa shape index (κ2) is 7.25. The van der Waals surface area contributed by atoms with Gasteiger partial charge in [0.15, 0.2) is 0 Å². The molecule has 6 heteroatoms. The number of aryl methyl sites for hydroxylation is 1. The van der Waals surface area contributed by atoms with E-state index >= 15 is 0 Å². The number of benzene rings is 1. The molecule has 1 amide bonds. The van der Waals surface area contributed by atoms with Gasteiger partial charge in [-0.15, -0.1) is 0 Å². The van der Waals surface area contributed by atoms with Crippen LogP contribution in [0.3, 0.4) is 0 Å². The summed E-state index contributed by atoms with van der Waals surface area (Å²) < 4.78 is 0. The van der Waals surface area contributed by atoms with Crippen LogP contribution in [0.1, 0.15) is 57.5 Å². The van der Waals surface area contributed by atoms with Gasteiger partial charge in [0, 0.05) is 37.8 Å². The van der Waals surface area contributed by atoms with Gasteiger partial charge in [-0.3, -0.25) is 0 Å². The predicted octanol–water partition coefficient (Wildman–Crippen LogP) is 4.60. The molecule has 30 heavy (non-hydrogen) atoms. The SMILES string of the molecule is Cc1nc(-c2ccc3c(c2)C(C)(C)CCC3(C)C)cc(N2CCN(C(=O)O)CC2)n1. The van der Waals surface area contributed by atoms with Gasteiger partial charge in [-0.05, 0) is 47.8 Å². The Balaban J connectivity index is 1.68. The number of aromatic nitrogens is 2. The van der Waals surface area contributed by atoms with E-state index in [4.69, 9.17) is 4.98 Å². The van der Waals surface area contributed by atoms with E-state index in [9.17, 15) is 9.90 Å². The quantitative estimate of drug-likeness (QED) is 0.786. The summed E-state index contributed by atoms with van der Waals surface area (Å²) in [6.07, 6.45) is 1.53. The maximum absolute atomic E-state index is 11.2. The molecule has 1 aliphatic heterocycles. The lowest BCUT2D eigenvalue weighted by atomic mass is 9.63. The third-order valence-electron chi connectivity index (χ3n) is 6.85. The minimum absolute atomic E-state index is 0.152. The van der Waals surface area contributed by atoms with Crippen LogP contribution in [-0.4, -0.2) is 52.2 Å². The van der Waals surface area contributed by atoms with Crippen LogP contribution in [0.25, 0.3) is 11.3 Å². The molecule has 0 radical (unpaired) electrons. The van der Waals surface area contributed by atoms with Crippen molar-refractivity contribution in [2.45, 2.75) is 58.3 Å². The summed E-state index contributed by atoms with van der Waals surface area (Å²) in [4.78, 5) is 24.2. The van der Waals surface area contributed by atoms with Gasteiger partial charge in [0.1, 0.15) is 11.6 Å². The Morgan fingerprint density at radius 3 is 2.20 bits per heavy atom. The zero-order chi connectivity index (χ0) is 21.7. The topological polar surface area (TPSA) is 69.6 Å². The van der Waals surface area contributed by atoms with Crippen molar-refractivity contribution in [3.05, 3.63) is 41.2 Å². The largest absolute Gasteiger partial charge is 0.465 e. The molecule has 1 N–H and O–H groups in total. The lowest BCUT2D eigenvalue weighted by Gasteiger charge is -2.42. The Morgan fingerprint density at radius 1 is 0.933 bits per heavy atom. The molecule has 0 bridgehead atoms. The molecule has 1 aliphatic carbocycles. The van der Waals surface area contributed by atoms with Crippen LogP contribution in [0.5, 0.6) is 0 Å². The van der Waals surface area contributed by atoms with E-state index in [2.05, 4.69) is 55.8 Å². The zero-order valence-electron chi connectivity index (χ0n) is 18.7. The molecular weight excluding hydrogens is 376 g/mol. The summed E-state index contributed by atoms with van der Waals surface area (Å²) in [5.74, 6) is 1.61. The van der Waals surface area contributed by atoms with Gasteiger partial charge in [-0.1, -0.05) is 39.8 Å². The first kappa shape index (κ1) is 20.6. The van der Waals surface area contributed by atoms with Crippen LogP contribution in [0.15, 0.2) is 24.3 Å². The Kier molecular flexibility index (Phi) is 4.99. The smallest absolute Gasteiger partial charge is 0.407 e. The minimum Gasteiger partial charge on any atom is -0.465 e. The van der Waals surface area contributed by atoms with E-state index in [0.29, 0.717) is 26.2 Å². The van der Waals surface area contributed by atoms with E-state index in [1.165, 1.54) is 28.9 Å². The monoisotopic (exact) mass is 408 g/mol. The van der Waals surface area contributed by atoms with Gasteiger partial charge >= 0.3 is 6.09 Å². The summed E-state index contributed by atoms with van der Waals surface area (Å²) in [6.45, 7) is 13.6. The van der Waals surface area contributed by atoms with Gasteiger partial charge in [-0.2, -0.15) is 0 Å². The first-order valence-corrected chi connectivity index (χ1v) is 10.8. The van der Waals surface area contributed by atoms with Gasteiger partial charge in [0.05, 0.1) is 5.69 Å². The second-order valence-electron chi connectivity index (χ2n) is 9.94. The first-order chi connectivity index (χ1) is 14.1. The number of hydrogen-bond acceptors (Lipinski definition) is 4. The van der Waals surface area contributed by atoms with E-state index in [-0.39, 0.29) is 10.8 Å². The summed E-state index contributed by atoms with van der Waals surface area (Å²) in [5, 5.41) is 9.19. The summed E-state index contributed by atoms with van der Waals surface area (Å²) in [7, 11) is 0. The van der Waals surface area contributed by atoms with Crippen molar-refractivity contribution in [3.63, 3.8) is 0 Å². The highest BCUT2D eigenvalue weighted by atomic mass is 16.4. The van der Waals surface area contributed by atoms with E-state index in [0.717, 1.165) is 22.9 Å². The third-order valence-corrected chi connectivity index (χ3v) is 6.85. The van der Waals surface area contributed by atoms with Crippen molar-refractivity contribution < 1.29 is 9.90 Å². The standard InChI is InChI=1S/C24H32N4O2/c1-16-25-20(15-21(26-16)27-10-12-28(13-11-27)22(29)30)17-6-7-18-19(14-17)24(4,5)9-8-23(18,2)3/h6-7,14-15H,8-13H2,1-5H3,(H,29,30). The highest BCUT2D eigenvalue weighted by Gasteiger charge is 2.37. The summed E-state index contributed by atoms with van der Waals surface area (Å²) in [5.41, 5.74) is 5.26. The molecule has 1 aromatic carbocycles. The lowest BCUT2D eigenvalue weighted by molar-refractivity contribution is 0.142. The highest BCUT2D eigenvalue weighted by molar-refractivity contribution is 5.67. The van der Waals surface area contributed by atoms with Crippen molar-refractivity contribution in [3.8, 4) is 11.3 Å². The van der Waals surface area contributed by atoms with Crippen LogP contribution in [-0.2, 0) is 10.8 Å². The van der Waals surface area contributed by atoms with E-state index in [1.807, 2.05) is 13.0 Å². The fraction of sp³-hybridized carbons (Fsp3) is 0.542. The van der Waals surface area contributed by atoms with Crippen LogP contribution >= 0.6 is 0 Å². The normalized spacial score (nSPS) is 20.0. The average molecular weight is 409 g/mol. The summed E-state index contributed by atoms with van der Waals surface area (Å²) in [6, 6.07) is 8.85. The van der Waals surface area contributed by atoms with E-state index in [1.54, 1.807) is 0 Å². The van der Waals surface area contributed by atoms with Crippen molar-refractivity contribution in [2.24, 2.45) is 0 Å². The zero-order valence-corrected chi connectivity index (χ0v) is 18.7. The minimum atomic E-state index is -0.853. The van der Waals surface area contributed by atoms with Gasteiger partial charge in [-0.25, -0.2) is 14.8 Å². The van der Waals surface area contributed by atoms with E-state index < -0.39 is 6.09 Å². The number of hydrogen-bond donors (Lipinski definition) is 1. The molecule has 1 fully saturated rings. The molecule has 0 saturated carbocycles. The van der Waals surface area contributed by atoms with Gasteiger partial charge in [0.25, 0.3) is 0 Å². The molecule has 160 valence electrons. The Hall–Kier alpha value is -2.63. The molecule has 0 atom stereocenters. The maximum Gasteiger partial charge on any atom is 0.407 e. The van der Waals surface area contributed by atoms with Crippen LogP contribution in [0, 0.1) is 6.92 Å². The number of carbonyl (C=O) groups is 1. The number of piperazine rings is 1. The maximum atomic E-state index is 11.2. The number of rotatable bonds is 2. The number of amides is 1. The van der Waals surface area contributed by atoms with Crippen molar-refractivity contribution in [1.29, 1.82) is 0 Å². The first-order valence-electron chi connectivity index (χ1n) is 10.8. The molecule has 2 aromatic rings. The van der Waals surface area contributed by atoms with Crippen molar-refractivity contribution in [2.75, 3.05) is 31.1 Å².